The number of aryl methyl sites for hydroxylation is 1. The zero-order valence-electron chi connectivity index (χ0n) is 19.6. The highest BCUT2D eigenvalue weighted by Crippen LogP contribution is 2.38. The van der Waals surface area contributed by atoms with E-state index in [4.69, 9.17) is 15.0 Å². The van der Waals surface area contributed by atoms with Crippen molar-refractivity contribution in [3.05, 3.63) is 125 Å². The number of aromatic nitrogens is 4. The molecule has 0 radical (unpaired) electrons. The largest absolute Gasteiger partial charge is 0.333 e. The highest BCUT2D eigenvalue weighted by molar-refractivity contribution is 6.08. The van der Waals surface area contributed by atoms with Crippen LogP contribution < -0.4 is 0 Å². The van der Waals surface area contributed by atoms with Crippen LogP contribution in [0.3, 0.4) is 0 Å². The van der Waals surface area contributed by atoms with Crippen molar-refractivity contribution < 1.29 is 0 Å². The van der Waals surface area contributed by atoms with E-state index < -0.39 is 0 Å². The predicted octanol–water partition coefficient (Wildman–Crippen LogP) is 6.50. The molecule has 0 spiro atoms. The van der Waals surface area contributed by atoms with Crippen molar-refractivity contribution in [2.24, 2.45) is 0 Å². The fourth-order valence-electron chi connectivity index (χ4n) is 5.62. The smallest absolute Gasteiger partial charge is 0.152 e. The molecule has 4 heteroatoms. The molecular formula is C31H24N4. The molecule has 0 saturated heterocycles. The first-order valence-corrected chi connectivity index (χ1v) is 12.1. The Hall–Kier alpha value is -4.31. The minimum absolute atomic E-state index is 0.614. The maximum absolute atomic E-state index is 4.95. The molecule has 1 aliphatic carbocycles. The Bertz CT molecular complexity index is 1690. The topological polar surface area (TPSA) is 43.6 Å². The third-order valence-electron chi connectivity index (χ3n) is 7.12. The van der Waals surface area contributed by atoms with E-state index in [0.29, 0.717) is 13.0 Å². The van der Waals surface area contributed by atoms with Crippen LogP contribution in [0.1, 0.15) is 34.2 Å². The van der Waals surface area contributed by atoms with Crippen molar-refractivity contribution in [3.63, 3.8) is 0 Å². The molecule has 0 unspecified atom stereocenters. The minimum atomic E-state index is 0.614. The van der Waals surface area contributed by atoms with Crippen LogP contribution in [0, 0.1) is 6.92 Å². The van der Waals surface area contributed by atoms with Crippen molar-refractivity contribution >= 4 is 21.8 Å². The van der Waals surface area contributed by atoms with Crippen LogP contribution in [-0.2, 0) is 19.4 Å². The summed E-state index contributed by atoms with van der Waals surface area (Å²) in [4.78, 5) is 14.4. The maximum atomic E-state index is 4.95. The molecule has 0 N–H and O–H groups in total. The van der Waals surface area contributed by atoms with Gasteiger partial charge in [-0.05, 0) is 53.3 Å². The normalized spacial score (nSPS) is 12.3. The molecule has 0 bridgehead atoms. The number of para-hydroxylation sites is 2. The summed E-state index contributed by atoms with van der Waals surface area (Å²) in [5.74, 6) is 2.40. The number of hydrogen-bond acceptors (Lipinski definition) is 3. The molecule has 0 fully saturated rings. The summed E-state index contributed by atoms with van der Waals surface area (Å²) in [6, 6.07) is 32.4. The van der Waals surface area contributed by atoms with Gasteiger partial charge >= 0.3 is 0 Å². The molecule has 2 aromatic heterocycles. The molecule has 4 aromatic carbocycles. The number of nitrogens with zero attached hydrogens (tertiary/aromatic N) is 4. The average Bonchev–Trinajstić information content (AvgIpc) is 3.41. The standard InChI is InChI=1S/C31H24N4/c1-20-32-30(18-22-10-8-14-24-23-11-3-2-9-21(23)17-27(22)24)34-31(33-20)19-35-28-15-6-4-12-25(28)26-13-5-7-16-29(26)35/h2-16H,17-19H2,1H3. The van der Waals surface area contributed by atoms with Gasteiger partial charge < -0.3 is 4.57 Å². The van der Waals surface area contributed by atoms with Gasteiger partial charge in [-0.1, -0.05) is 78.9 Å². The monoisotopic (exact) mass is 452 g/mol. The molecular weight excluding hydrogens is 428 g/mol. The van der Waals surface area contributed by atoms with Crippen LogP contribution in [-0.4, -0.2) is 19.5 Å². The Balaban J connectivity index is 1.27. The summed E-state index contributed by atoms with van der Waals surface area (Å²) in [5.41, 5.74) is 9.19. The second-order valence-corrected chi connectivity index (χ2v) is 9.29. The van der Waals surface area contributed by atoms with E-state index in [9.17, 15) is 0 Å². The average molecular weight is 453 g/mol. The van der Waals surface area contributed by atoms with E-state index in [-0.39, 0.29) is 0 Å². The summed E-state index contributed by atoms with van der Waals surface area (Å²) in [7, 11) is 0. The van der Waals surface area contributed by atoms with E-state index in [0.717, 1.165) is 23.9 Å². The lowest BCUT2D eigenvalue weighted by atomic mass is 9.99. The molecule has 35 heavy (non-hydrogen) atoms. The molecule has 7 rings (SSSR count). The Kier molecular flexibility index (Phi) is 4.52. The molecule has 4 nitrogen and oxygen atoms in total. The number of rotatable bonds is 4. The van der Waals surface area contributed by atoms with Gasteiger partial charge in [0.1, 0.15) is 11.6 Å². The molecule has 168 valence electrons. The lowest BCUT2D eigenvalue weighted by molar-refractivity contribution is 0.741. The zero-order chi connectivity index (χ0) is 23.4. The van der Waals surface area contributed by atoms with Crippen LogP contribution in [0.4, 0.5) is 0 Å². The van der Waals surface area contributed by atoms with Gasteiger partial charge in [0.2, 0.25) is 0 Å². The fraction of sp³-hybridized carbons (Fsp3) is 0.129. The molecule has 1 aliphatic rings. The lowest BCUT2D eigenvalue weighted by Gasteiger charge is -2.11. The van der Waals surface area contributed by atoms with E-state index in [2.05, 4.69) is 95.6 Å². The molecule has 0 atom stereocenters. The third-order valence-corrected chi connectivity index (χ3v) is 7.12. The van der Waals surface area contributed by atoms with Gasteiger partial charge in [0.25, 0.3) is 0 Å². The van der Waals surface area contributed by atoms with Crippen LogP contribution in [0.15, 0.2) is 91.0 Å². The van der Waals surface area contributed by atoms with E-state index in [1.54, 1.807) is 0 Å². The van der Waals surface area contributed by atoms with Crippen LogP contribution >= 0.6 is 0 Å². The third kappa shape index (κ3) is 3.33. The van der Waals surface area contributed by atoms with Gasteiger partial charge in [0, 0.05) is 28.2 Å². The molecule has 6 aromatic rings. The van der Waals surface area contributed by atoms with Gasteiger partial charge in [-0.15, -0.1) is 0 Å². The van der Waals surface area contributed by atoms with Gasteiger partial charge in [0.05, 0.1) is 6.54 Å². The molecule has 0 aliphatic heterocycles. The summed E-state index contributed by atoms with van der Waals surface area (Å²) >= 11 is 0. The van der Waals surface area contributed by atoms with Crippen LogP contribution in [0.5, 0.6) is 0 Å². The number of benzene rings is 4. The second-order valence-electron chi connectivity index (χ2n) is 9.29. The van der Waals surface area contributed by atoms with Gasteiger partial charge in [-0.3, -0.25) is 0 Å². The zero-order valence-corrected chi connectivity index (χ0v) is 19.6. The number of fused-ring (bicyclic) bond motifs is 6. The summed E-state index contributed by atoms with van der Waals surface area (Å²) in [6.07, 6.45) is 1.68. The lowest BCUT2D eigenvalue weighted by Crippen LogP contribution is -2.10. The SMILES string of the molecule is Cc1nc(Cc2cccc3c2Cc2ccccc2-3)nc(Cn2c3ccccc3c3ccccc32)n1. The fourth-order valence-corrected chi connectivity index (χ4v) is 5.62. The van der Waals surface area contributed by atoms with Crippen molar-refractivity contribution in [3.8, 4) is 11.1 Å². The van der Waals surface area contributed by atoms with Gasteiger partial charge in [0.15, 0.2) is 5.82 Å². The molecule has 2 heterocycles. The predicted molar refractivity (Wildman–Crippen MR) is 141 cm³/mol. The Morgan fingerprint density at radius 3 is 2.11 bits per heavy atom. The second kappa shape index (κ2) is 7.88. The first kappa shape index (κ1) is 20.1. The maximum Gasteiger partial charge on any atom is 0.152 e. The molecule has 0 amide bonds. The molecule has 0 saturated carbocycles. The highest BCUT2D eigenvalue weighted by atomic mass is 15.1. The van der Waals surface area contributed by atoms with Crippen molar-refractivity contribution in [2.45, 2.75) is 26.3 Å². The minimum Gasteiger partial charge on any atom is -0.333 e. The Labute approximate surface area is 203 Å². The van der Waals surface area contributed by atoms with Crippen molar-refractivity contribution in [2.75, 3.05) is 0 Å². The first-order chi connectivity index (χ1) is 17.2. The Morgan fingerprint density at radius 2 is 1.31 bits per heavy atom. The van der Waals surface area contributed by atoms with Gasteiger partial charge in [-0.25, -0.2) is 15.0 Å². The van der Waals surface area contributed by atoms with Crippen LogP contribution in [0.2, 0.25) is 0 Å². The van der Waals surface area contributed by atoms with Crippen LogP contribution in [0.25, 0.3) is 32.9 Å². The summed E-state index contributed by atoms with van der Waals surface area (Å²) < 4.78 is 2.32. The van der Waals surface area contributed by atoms with Gasteiger partial charge in [-0.2, -0.15) is 0 Å². The summed E-state index contributed by atoms with van der Waals surface area (Å²) in [6.45, 7) is 2.58. The van der Waals surface area contributed by atoms with Crippen molar-refractivity contribution in [1.29, 1.82) is 0 Å². The van der Waals surface area contributed by atoms with E-state index >= 15 is 0 Å². The summed E-state index contributed by atoms with van der Waals surface area (Å²) in [5, 5.41) is 2.52. The Morgan fingerprint density at radius 1 is 0.657 bits per heavy atom. The van der Waals surface area contributed by atoms with Crippen molar-refractivity contribution in [1.82, 2.24) is 19.5 Å². The van der Waals surface area contributed by atoms with E-state index in [1.165, 1.54) is 49.6 Å². The quantitative estimate of drug-likeness (QED) is 0.306. The highest BCUT2D eigenvalue weighted by Gasteiger charge is 2.21. The van der Waals surface area contributed by atoms with E-state index in [1.807, 2.05) is 6.92 Å². The first-order valence-electron chi connectivity index (χ1n) is 12.1. The number of hydrogen-bond donors (Lipinski definition) is 0.